The minimum atomic E-state index is -0.865. The van der Waals surface area contributed by atoms with Gasteiger partial charge in [0.05, 0.1) is 31.0 Å². The molecule has 0 bridgehead atoms. The molecule has 4 rings (SSSR count). The Kier molecular flexibility index (Phi) is 6.07. The topological polar surface area (TPSA) is 80.0 Å². The maximum atomic E-state index is 13.4. The number of hydrogen-bond acceptors (Lipinski definition) is 5. The molecule has 1 aliphatic heterocycles. The highest BCUT2D eigenvalue weighted by molar-refractivity contribution is 6.46. The van der Waals surface area contributed by atoms with E-state index in [4.69, 9.17) is 9.15 Å². The predicted octanol–water partition coefficient (Wildman–Crippen LogP) is 4.83. The van der Waals surface area contributed by atoms with E-state index < -0.39 is 23.5 Å². The first-order valence-electron chi connectivity index (χ1n) is 10.3. The van der Waals surface area contributed by atoms with Gasteiger partial charge >= 0.3 is 0 Å². The van der Waals surface area contributed by atoms with Crippen LogP contribution in [-0.2, 0) is 16.1 Å². The maximum absolute atomic E-state index is 13.4. The number of carbonyl (C=O) groups is 2. The molecule has 0 aliphatic carbocycles. The van der Waals surface area contributed by atoms with Crippen molar-refractivity contribution < 1.29 is 28.2 Å². The Morgan fingerprint density at radius 1 is 1.12 bits per heavy atom. The van der Waals surface area contributed by atoms with Crippen molar-refractivity contribution in [1.29, 1.82) is 0 Å². The quantitative estimate of drug-likeness (QED) is 0.327. The molecule has 3 aromatic rings. The predicted molar refractivity (Wildman–Crippen MR) is 115 cm³/mol. The number of aliphatic hydroxyl groups is 1. The summed E-state index contributed by atoms with van der Waals surface area (Å²) >= 11 is 0. The number of halogens is 1. The van der Waals surface area contributed by atoms with Crippen molar-refractivity contribution in [2.75, 3.05) is 6.61 Å². The van der Waals surface area contributed by atoms with E-state index in [1.165, 1.54) is 35.4 Å². The third kappa shape index (κ3) is 4.14. The lowest BCUT2D eigenvalue weighted by Gasteiger charge is -2.25. The van der Waals surface area contributed by atoms with Crippen molar-refractivity contribution in [2.45, 2.75) is 25.9 Å². The highest BCUT2D eigenvalue weighted by Crippen LogP contribution is 2.41. The molecule has 7 heteroatoms. The van der Waals surface area contributed by atoms with Crippen LogP contribution in [0.25, 0.3) is 5.76 Å². The van der Waals surface area contributed by atoms with Crippen LogP contribution in [0.2, 0.25) is 0 Å². The molecule has 6 nitrogen and oxygen atoms in total. The number of ketones is 1. The minimum Gasteiger partial charge on any atom is -0.507 e. The van der Waals surface area contributed by atoms with Crippen molar-refractivity contribution in [3.05, 3.63) is 95.2 Å². The van der Waals surface area contributed by atoms with Gasteiger partial charge in [0, 0.05) is 5.56 Å². The minimum absolute atomic E-state index is 0.0441. The normalized spacial score (nSPS) is 17.7. The van der Waals surface area contributed by atoms with Crippen molar-refractivity contribution >= 4 is 17.4 Å². The monoisotopic (exact) mass is 435 g/mol. The summed E-state index contributed by atoms with van der Waals surface area (Å²) in [4.78, 5) is 27.3. The van der Waals surface area contributed by atoms with Crippen LogP contribution in [-0.4, -0.2) is 28.3 Å². The van der Waals surface area contributed by atoms with Gasteiger partial charge < -0.3 is 19.2 Å². The van der Waals surface area contributed by atoms with Gasteiger partial charge in [0.15, 0.2) is 0 Å². The van der Waals surface area contributed by atoms with E-state index in [1.807, 2.05) is 6.92 Å². The molecule has 0 radical (unpaired) electrons. The summed E-state index contributed by atoms with van der Waals surface area (Å²) in [7, 11) is 0. The summed E-state index contributed by atoms with van der Waals surface area (Å²) in [6.45, 7) is 2.55. The van der Waals surface area contributed by atoms with Crippen LogP contribution in [0.5, 0.6) is 5.75 Å². The molecule has 1 atom stereocenters. The number of furan rings is 1. The van der Waals surface area contributed by atoms with Crippen LogP contribution in [0.3, 0.4) is 0 Å². The van der Waals surface area contributed by atoms with Gasteiger partial charge in [0.2, 0.25) is 0 Å². The summed E-state index contributed by atoms with van der Waals surface area (Å²) in [5.74, 6) is -1.32. The molecule has 1 amide bonds. The van der Waals surface area contributed by atoms with Crippen molar-refractivity contribution in [3.8, 4) is 5.75 Å². The standard InChI is InChI=1S/C25H22FNO5/c1-2-12-31-19-6-3-5-17(14-19)22-21(23(28)16-8-10-18(26)11-9-16)24(29)25(30)27(22)15-20-7-4-13-32-20/h3-11,13-14,22,28H,2,12,15H2,1H3. The number of aliphatic hydroxyl groups excluding tert-OH is 1. The van der Waals surface area contributed by atoms with E-state index in [9.17, 15) is 19.1 Å². The van der Waals surface area contributed by atoms with Gasteiger partial charge in [0.1, 0.15) is 23.1 Å². The van der Waals surface area contributed by atoms with Gasteiger partial charge in [-0.25, -0.2) is 4.39 Å². The summed E-state index contributed by atoms with van der Waals surface area (Å²) in [6, 6.07) is 14.7. The summed E-state index contributed by atoms with van der Waals surface area (Å²) in [5.41, 5.74) is 0.777. The zero-order valence-electron chi connectivity index (χ0n) is 17.5. The maximum Gasteiger partial charge on any atom is 0.296 e. The molecule has 1 N–H and O–H groups in total. The zero-order valence-corrected chi connectivity index (χ0v) is 17.5. The molecule has 164 valence electrons. The van der Waals surface area contributed by atoms with Crippen molar-refractivity contribution in [2.24, 2.45) is 0 Å². The lowest BCUT2D eigenvalue weighted by Crippen LogP contribution is -2.29. The van der Waals surface area contributed by atoms with Crippen LogP contribution in [0.15, 0.2) is 76.9 Å². The number of hydrogen-bond donors (Lipinski definition) is 1. The Balaban J connectivity index is 1.83. The molecule has 0 spiro atoms. The van der Waals surface area contributed by atoms with E-state index in [0.29, 0.717) is 23.7 Å². The molecule has 2 aromatic carbocycles. The third-order valence-corrected chi connectivity index (χ3v) is 5.21. The van der Waals surface area contributed by atoms with Gasteiger partial charge in [-0.1, -0.05) is 19.1 Å². The van der Waals surface area contributed by atoms with Crippen molar-refractivity contribution in [3.63, 3.8) is 0 Å². The van der Waals surface area contributed by atoms with E-state index in [1.54, 1.807) is 36.4 Å². The molecule has 1 unspecified atom stereocenters. The largest absolute Gasteiger partial charge is 0.507 e. The van der Waals surface area contributed by atoms with E-state index >= 15 is 0 Å². The number of Topliss-reactive ketones (excluding diaryl/α,β-unsaturated/α-hetero) is 1. The molecule has 1 aromatic heterocycles. The molecular formula is C25H22FNO5. The Bertz CT molecular complexity index is 1150. The fourth-order valence-corrected chi connectivity index (χ4v) is 3.72. The van der Waals surface area contributed by atoms with Gasteiger partial charge in [-0.05, 0) is 60.5 Å². The number of likely N-dealkylation sites (tertiary alicyclic amines) is 1. The van der Waals surface area contributed by atoms with Crippen LogP contribution >= 0.6 is 0 Å². The van der Waals surface area contributed by atoms with Crippen LogP contribution in [0, 0.1) is 5.82 Å². The first kappa shape index (κ1) is 21.4. The van der Waals surface area contributed by atoms with Gasteiger partial charge in [-0.3, -0.25) is 9.59 Å². The molecule has 32 heavy (non-hydrogen) atoms. The molecule has 1 aliphatic rings. The van der Waals surface area contributed by atoms with E-state index in [2.05, 4.69) is 0 Å². The third-order valence-electron chi connectivity index (χ3n) is 5.21. The molecule has 0 saturated carbocycles. The molecule has 1 fully saturated rings. The smallest absolute Gasteiger partial charge is 0.296 e. The number of carbonyl (C=O) groups excluding carboxylic acids is 2. The van der Waals surface area contributed by atoms with Gasteiger partial charge in [0.25, 0.3) is 11.7 Å². The first-order chi connectivity index (χ1) is 15.5. The summed E-state index contributed by atoms with van der Waals surface area (Å²) in [6.07, 6.45) is 2.31. The zero-order chi connectivity index (χ0) is 22.7. The highest BCUT2D eigenvalue weighted by Gasteiger charge is 2.46. The summed E-state index contributed by atoms with van der Waals surface area (Å²) in [5, 5.41) is 11.0. The average Bonchev–Trinajstić information content (AvgIpc) is 3.40. The fourth-order valence-electron chi connectivity index (χ4n) is 3.72. The summed E-state index contributed by atoms with van der Waals surface area (Å²) < 4.78 is 24.5. The fraction of sp³-hybridized carbons (Fsp3) is 0.200. The Morgan fingerprint density at radius 2 is 1.91 bits per heavy atom. The van der Waals surface area contributed by atoms with Crippen molar-refractivity contribution in [1.82, 2.24) is 4.90 Å². The lowest BCUT2D eigenvalue weighted by atomic mass is 9.95. The average molecular weight is 435 g/mol. The molecule has 2 heterocycles. The second-order valence-electron chi connectivity index (χ2n) is 7.43. The SMILES string of the molecule is CCCOc1cccc(C2C(=C(O)c3ccc(F)cc3)C(=O)C(=O)N2Cc2ccco2)c1. The van der Waals surface area contributed by atoms with Crippen LogP contribution in [0.4, 0.5) is 4.39 Å². The first-order valence-corrected chi connectivity index (χ1v) is 10.3. The second kappa shape index (κ2) is 9.09. The lowest BCUT2D eigenvalue weighted by molar-refractivity contribution is -0.140. The molecule has 1 saturated heterocycles. The van der Waals surface area contributed by atoms with Crippen LogP contribution in [0.1, 0.15) is 36.3 Å². The van der Waals surface area contributed by atoms with E-state index in [0.717, 1.165) is 6.42 Å². The molecular weight excluding hydrogens is 413 g/mol. The van der Waals surface area contributed by atoms with Crippen LogP contribution < -0.4 is 4.74 Å². The van der Waals surface area contributed by atoms with Gasteiger partial charge in [-0.15, -0.1) is 0 Å². The number of nitrogens with zero attached hydrogens (tertiary/aromatic N) is 1. The number of rotatable bonds is 7. The number of benzene rings is 2. The Hall–Kier alpha value is -3.87. The highest BCUT2D eigenvalue weighted by atomic mass is 19.1. The number of amides is 1. The number of ether oxygens (including phenoxy) is 1. The Morgan fingerprint density at radius 3 is 2.59 bits per heavy atom. The van der Waals surface area contributed by atoms with Gasteiger partial charge in [-0.2, -0.15) is 0 Å². The van der Waals surface area contributed by atoms with E-state index in [-0.39, 0.29) is 23.4 Å². The second-order valence-corrected chi connectivity index (χ2v) is 7.43. The Labute approximate surface area is 184 Å².